The lowest BCUT2D eigenvalue weighted by molar-refractivity contribution is 0.249. The Morgan fingerprint density at radius 1 is 0.950 bits per heavy atom. The molecule has 3 aromatic carbocycles. The minimum Gasteiger partial charge on any atom is -0.495 e. The van der Waals surface area contributed by atoms with Gasteiger partial charge in [0.15, 0.2) is 0 Å². The summed E-state index contributed by atoms with van der Waals surface area (Å²) >= 11 is 12.5. The molecular weight excluding hydrogens is 599 g/mol. The van der Waals surface area contributed by atoms with Crippen molar-refractivity contribution < 1.29 is 26.4 Å². The van der Waals surface area contributed by atoms with Gasteiger partial charge in [0.25, 0.3) is 10.0 Å². The van der Waals surface area contributed by atoms with Gasteiger partial charge in [0.05, 0.1) is 29.3 Å². The molecule has 0 unspecified atom stereocenters. The van der Waals surface area contributed by atoms with Crippen molar-refractivity contribution >= 4 is 60.7 Å². The average Bonchev–Trinajstić information content (AvgIpc) is 2.89. The maximum absolute atomic E-state index is 13.0. The lowest BCUT2D eigenvalue weighted by Gasteiger charge is -2.27. The fourth-order valence-electron chi connectivity index (χ4n) is 4.29. The Labute approximate surface area is 243 Å². The first-order valence-electron chi connectivity index (χ1n) is 12.1. The van der Waals surface area contributed by atoms with Crippen molar-refractivity contribution in [3.05, 3.63) is 81.3 Å². The van der Waals surface area contributed by atoms with Gasteiger partial charge in [-0.05, 0) is 72.5 Å². The summed E-state index contributed by atoms with van der Waals surface area (Å²) in [4.78, 5) is 12.5. The minimum absolute atomic E-state index is 0.00690. The largest absolute Gasteiger partial charge is 0.495 e. The van der Waals surface area contributed by atoms with Crippen LogP contribution in [0.2, 0.25) is 10.0 Å². The highest BCUT2D eigenvalue weighted by atomic mass is 35.5. The molecule has 1 heterocycles. The number of fused-ring (bicyclic) bond motifs is 1. The van der Waals surface area contributed by atoms with Crippen molar-refractivity contribution in [3.63, 3.8) is 0 Å². The van der Waals surface area contributed by atoms with E-state index in [2.05, 4.69) is 15.4 Å². The summed E-state index contributed by atoms with van der Waals surface area (Å²) in [5.41, 5.74) is 3.08. The van der Waals surface area contributed by atoms with E-state index in [0.717, 1.165) is 11.1 Å². The van der Waals surface area contributed by atoms with Crippen LogP contribution in [0.1, 0.15) is 29.7 Å². The molecule has 214 valence electrons. The summed E-state index contributed by atoms with van der Waals surface area (Å²) in [6, 6.07) is 13.1. The van der Waals surface area contributed by atoms with Crippen LogP contribution >= 0.6 is 23.2 Å². The Balaban J connectivity index is 1.38. The lowest BCUT2D eigenvalue weighted by Crippen LogP contribution is -2.35. The van der Waals surface area contributed by atoms with Gasteiger partial charge < -0.3 is 15.4 Å². The number of rotatable bonds is 8. The summed E-state index contributed by atoms with van der Waals surface area (Å²) in [5.74, 6) is 0.421. The zero-order chi connectivity index (χ0) is 29.2. The molecule has 10 nitrogen and oxygen atoms in total. The number of nitrogens with one attached hydrogen (secondary N) is 3. The summed E-state index contributed by atoms with van der Waals surface area (Å²) in [6.07, 6.45) is 1.65. The van der Waals surface area contributed by atoms with Crippen molar-refractivity contribution in [3.8, 4) is 5.75 Å². The van der Waals surface area contributed by atoms with Crippen molar-refractivity contribution in [2.45, 2.75) is 30.8 Å². The molecule has 0 spiro atoms. The molecule has 3 N–H and O–H groups in total. The van der Waals surface area contributed by atoms with Crippen LogP contribution in [0.25, 0.3) is 0 Å². The molecule has 1 atom stereocenters. The number of halogens is 2. The number of hydrogen-bond acceptors (Lipinski definition) is 6. The minimum atomic E-state index is -3.91. The van der Waals surface area contributed by atoms with Crippen molar-refractivity contribution in [2.75, 3.05) is 29.9 Å². The van der Waals surface area contributed by atoms with Crippen LogP contribution in [0.3, 0.4) is 0 Å². The van der Waals surface area contributed by atoms with E-state index in [-0.39, 0.29) is 21.5 Å². The van der Waals surface area contributed by atoms with Crippen molar-refractivity contribution in [1.29, 1.82) is 0 Å². The standard InChI is InChI=1S/C26H28Cl2N4O6S2/c1-16(22-10-11-23(38-2)25(28)24(22)27)29-26(33)30-19-6-8-21(9-7-19)40(36,37)31-20-5-4-18-15-32(39(3,34)35)13-12-17(18)14-20/h4-11,14,16,31H,12-13,15H2,1-3H3,(H2,29,30,33)/t16-/m0/s1. The molecule has 0 saturated heterocycles. The van der Waals surface area contributed by atoms with Crippen molar-refractivity contribution in [2.24, 2.45) is 0 Å². The third kappa shape index (κ3) is 6.81. The molecule has 14 heteroatoms. The Morgan fingerprint density at radius 2 is 1.62 bits per heavy atom. The molecule has 1 aliphatic rings. The van der Waals surface area contributed by atoms with Crippen LogP contribution in [-0.4, -0.2) is 47.1 Å². The Bertz CT molecular complexity index is 1650. The Kier molecular flexibility index (Phi) is 8.86. The number of carbonyl (C=O) groups is 1. The van der Waals surface area contributed by atoms with Gasteiger partial charge in [-0.2, -0.15) is 4.31 Å². The first kappa shape index (κ1) is 29.9. The number of anilines is 2. The molecule has 0 aromatic heterocycles. The first-order valence-corrected chi connectivity index (χ1v) is 16.2. The van der Waals surface area contributed by atoms with E-state index >= 15 is 0 Å². The molecule has 0 aliphatic carbocycles. The second-order valence-electron chi connectivity index (χ2n) is 9.27. The summed E-state index contributed by atoms with van der Waals surface area (Å²) < 4.78 is 58.7. The molecule has 0 saturated carbocycles. The molecule has 0 fully saturated rings. The van der Waals surface area contributed by atoms with Crippen LogP contribution in [0.15, 0.2) is 59.5 Å². The zero-order valence-corrected chi connectivity index (χ0v) is 25.0. The molecule has 0 bridgehead atoms. The predicted octanol–water partition coefficient (Wildman–Crippen LogP) is 5.00. The van der Waals surface area contributed by atoms with Crippen LogP contribution in [-0.2, 0) is 33.0 Å². The van der Waals surface area contributed by atoms with Gasteiger partial charge in [-0.25, -0.2) is 21.6 Å². The SMILES string of the molecule is COc1ccc([C@H](C)NC(=O)Nc2ccc(S(=O)(=O)Nc3ccc4c(c3)CCN(S(C)(=O)=O)C4)cc2)c(Cl)c1Cl. The number of sulfonamides is 2. The smallest absolute Gasteiger partial charge is 0.319 e. The van der Waals surface area contributed by atoms with Gasteiger partial charge in [-0.1, -0.05) is 35.3 Å². The topological polar surface area (TPSA) is 134 Å². The predicted molar refractivity (Wildman–Crippen MR) is 156 cm³/mol. The van der Waals surface area contributed by atoms with E-state index in [1.54, 1.807) is 37.3 Å². The van der Waals surface area contributed by atoms with Crippen LogP contribution < -0.4 is 20.1 Å². The third-order valence-corrected chi connectivity index (χ3v) is 9.96. The van der Waals surface area contributed by atoms with Crippen LogP contribution in [0, 0.1) is 0 Å². The fourth-order valence-corrected chi connectivity index (χ4v) is 6.70. The number of benzene rings is 3. The van der Waals surface area contributed by atoms with E-state index in [1.165, 1.54) is 41.9 Å². The molecular formula is C26H28Cl2N4O6S2. The second kappa shape index (κ2) is 11.8. The average molecular weight is 628 g/mol. The Morgan fingerprint density at radius 3 is 2.27 bits per heavy atom. The number of ether oxygens (including phenoxy) is 1. The molecule has 1 aliphatic heterocycles. The van der Waals surface area contributed by atoms with Gasteiger partial charge in [-0.3, -0.25) is 4.72 Å². The maximum atomic E-state index is 13.0. The number of nitrogens with zero attached hydrogens (tertiary/aromatic N) is 1. The summed E-state index contributed by atoms with van der Waals surface area (Å²) in [5, 5.41) is 5.94. The quantitative estimate of drug-likeness (QED) is 0.322. The summed E-state index contributed by atoms with van der Waals surface area (Å²) in [6.45, 7) is 2.33. The number of urea groups is 1. The molecule has 4 rings (SSSR count). The van der Waals surface area contributed by atoms with E-state index < -0.39 is 32.1 Å². The van der Waals surface area contributed by atoms with Gasteiger partial charge in [0.1, 0.15) is 10.8 Å². The maximum Gasteiger partial charge on any atom is 0.319 e. The van der Waals surface area contributed by atoms with Crippen molar-refractivity contribution in [1.82, 2.24) is 9.62 Å². The zero-order valence-electron chi connectivity index (χ0n) is 21.9. The fraction of sp³-hybridized carbons (Fsp3) is 0.269. The van der Waals surface area contributed by atoms with E-state index in [0.29, 0.717) is 35.7 Å². The Hall–Kier alpha value is -3.03. The number of hydrogen-bond donors (Lipinski definition) is 3. The van der Waals surface area contributed by atoms with Gasteiger partial charge >= 0.3 is 6.03 Å². The van der Waals surface area contributed by atoms with E-state index in [4.69, 9.17) is 27.9 Å². The van der Waals surface area contributed by atoms with Gasteiger partial charge in [0.2, 0.25) is 10.0 Å². The highest BCUT2D eigenvalue weighted by molar-refractivity contribution is 7.92. The molecule has 2 amide bonds. The molecule has 3 aromatic rings. The second-order valence-corrected chi connectivity index (χ2v) is 13.7. The van der Waals surface area contributed by atoms with Crippen LogP contribution in [0.5, 0.6) is 5.75 Å². The third-order valence-electron chi connectivity index (χ3n) is 6.44. The number of carbonyl (C=O) groups excluding carboxylic acids is 1. The summed E-state index contributed by atoms with van der Waals surface area (Å²) in [7, 11) is -5.74. The monoisotopic (exact) mass is 626 g/mol. The van der Waals surface area contributed by atoms with E-state index in [9.17, 15) is 21.6 Å². The van der Waals surface area contributed by atoms with E-state index in [1.807, 2.05) is 0 Å². The highest BCUT2D eigenvalue weighted by Crippen LogP contribution is 2.37. The number of amides is 2. The van der Waals surface area contributed by atoms with Crippen LogP contribution in [0.4, 0.5) is 16.2 Å². The van der Waals surface area contributed by atoms with Gasteiger partial charge in [-0.15, -0.1) is 0 Å². The lowest BCUT2D eigenvalue weighted by atomic mass is 10.0. The first-order chi connectivity index (χ1) is 18.8. The molecule has 40 heavy (non-hydrogen) atoms. The molecule has 0 radical (unpaired) electrons. The normalized spacial score (nSPS) is 14.6. The van der Waals surface area contributed by atoms with Gasteiger partial charge in [0, 0.05) is 24.5 Å². The highest BCUT2D eigenvalue weighted by Gasteiger charge is 2.24. The number of methoxy groups -OCH3 is 1.